The minimum Gasteiger partial charge on any atom is -0.360 e. The maximum atomic E-state index is 4.98. The van der Waals surface area contributed by atoms with Crippen molar-refractivity contribution in [3.8, 4) is 0 Å². The Labute approximate surface area is 70.9 Å². The summed E-state index contributed by atoms with van der Waals surface area (Å²) in [5.74, 6) is 0.892. The molecule has 0 aliphatic carbocycles. The molecule has 0 saturated carbocycles. The highest BCUT2D eigenvalue weighted by Crippen LogP contribution is 2.04. The van der Waals surface area contributed by atoms with E-state index in [1.54, 1.807) is 6.20 Å². The number of hydrogen-bond donors (Lipinski definition) is 0. The predicted molar refractivity (Wildman–Crippen MR) is 44.9 cm³/mol. The van der Waals surface area contributed by atoms with Crippen molar-refractivity contribution in [1.82, 2.24) is 10.1 Å². The van der Waals surface area contributed by atoms with Crippen LogP contribution in [0.2, 0.25) is 0 Å². The Bertz CT molecular complexity index is 255. The smallest absolute Gasteiger partial charge is 0.155 e. The van der Waals surface area contributed by atoms with Crippen molar-refractivity contribution in [2.75, 3.05) is 13.1 Å². The lowest BCUT2D eigenvalue weighted by Crippen LogP contribution is -2.26. The number of rotatable bonds is 2. The second kappa shape index (κ2) is 3.38. The summed E-state index contributed by atoms with van der Waals surface area (Å²) in [4.78, 5) is 6.31. The summed E-state index contributed by atoms with van der Waals surface area (Å²) in [6, 6.07) is 1.88. The molecule has 1 aliphatic heterocycles. The highest BCUT2D eigenvalue weighted by atomic mass is 16.5. The van der Waals surface area contributed by atoms with Crippen LogP contribution >= 0.6 is 0 Å². The number of hydrogen-bond acceptors (Lipinski definition) is 4. The number of aliphatic imine (C=N–C) groups is 1. The van der Waals surface area contributed by atoms with Crippen molar-refractivity contribution >= 4 is 6.34 Å². The number of aromatic nitrogens is 1. The molecule has 0 spiro atoms. The molecular formula is C8H11N3O. The van der Waals surface area contributed by atoms with Crippen LogP contribution < -0.4 is 0 Å². The van der Waals surface area contributed by atoms with E-state index in [-0.39, 0.29) is 0 Å². The van der Waals surface area contributed by atoms with E-state index in [4.69, 9.17) is 4.52 Å². The van der Waals surface area contributed by atoms with Gasteiger partial charge in [-0.2, -0.15) is 0 Å². The van der Waals surface area contributed by atoms with E-state index in [1.807, 2.05) is 12.4 Å². The van der Waals surface area contributed by atoms with Crippen molar-refractivity contribution in [2.24, 2.45) is 4.99 Å². The van der Waals surface area contributed by atoms with Gasteiger partial charge in [0.2, 0.25) is 0 Å². The molecule has 4 heteroatoms. The molecule has 0 saturated heterocycles. The van der Waals surface area contributed by atoms with Crippen LogP contribution in [0, 0.1) is 0 Å². The maximum Gasteiger partial charge on any atom is 0.155 e. The standard InChI is InChI=1S/C8H11N3O/c1-3-9-7-11(5-1)6-8-2-4-10-12-8/h2,4,7H,1,3,5-6H2. The first-order chi connectivity index (χ1) is 5.95. The molecular weight excluding hydrogens is 154 g/mol. The van der Waals surface area contributed by atoms with Crippen LogP contribution in [0.25, 0.3) is 0 Å². The summed E-state index contributed by atoms with van der Waals surface area (Å²) >= 11 is 0. The van der Waals surface area contributed by atoms with E-state index in [9.17, 15) is 0 Å². The first-order valence-electron chi connectivity index (χ1n) is 4.09. The van der Waals surface area contributed by atoms with Gasteiger partial charge in [0, 0.05) is 19.2 Å². The molecule has 0 fully saturated rings. The average molecular weight is 165 g/mol. The average Bonchev–Trinajstić information content (AvgIpc) is 2.59. The molecule has 64 valence electrons. The van der Waals surface area contributed by atoms with Crippen LogP contribution in [-0.2, 0) is 6.54 Å². The monoisotopic (exact) mass is 165 g/mol. The lowest BCUT2D eigenvalue weighted by Gasteiger charge is -2.20. The van der Waals surface area contributed by atoms with Crippen LogP contribution in [0.5, 0.6) is 0 Å². The van der Waals surface area contributed by atoms with Gasteiger partial charge in [-0.05, 0) is 6.42 Å². The third-order valence-corrected chi connectivity index (χ3v) is 1.83. The molecule has 1 aliphatic rings. The Balaban J connectivity index is 1.94. The molecule has 0 bridgehead atoms. The van der Waals surface area contributed by atoms with Gasteiger partial charge in [-0.25, -0.2) is 0 Å². The molecule has 0 radical (unpaired) electrons. The summed E-state index contributed by atoms with van der Waals surface area (Å²) in [7, 11) is 0. The Morgan fingerprint density at radius 3 is 3.25 bits per heavy atom. The molecule has 0 N–H and O–H groups in total. The number of nitrogens with zero attached hydrogens (tertiary/aromatic N) is 3. The van der Waals surface area contributed by atoms with E-state index in [2.05, 4.69) is 15.0 Å². The molecule has 2 rings (SSSR count). The third kappa shape index (κ3) is 1.64. The summed E-state index contributed by atoms with van der Waals surface area (Å²) in [6.07, 6.45) is 4.67. The van der Waals surface area contributed by atoms with Crippen molar-refractivity contribution in [2.45, 2.75) is 13.0 Å². The first-order valence-corrected chi connectivity index (χ1v) is 4.09. The van der Waals surface area contributed by atoms with Gasteiger partial charge >= 0.3 is 0 Å². The Kier molecular flexibility index (Phi) is 2.07. The molecule has 0 unspecified atom stereocenters. The molecule has 1 aromatic rings. The van der Waals surface area contributed by atoms with Crippen molar-refractivity contribution in [3.05, 3.63) is 18.0 Å². The molecule has 0 aromatic carbocycles. The predicted octanol–water partition coefficient (Wildman–Crippen LogP) is 0.909. The summed E-state index contributed by atoms with van der Waals surface area (Å²) in [6.45, 7) is 2.79. The normalized spacial score (nSPS) is 16.8. The van der Waals surface area contributed by atoms with Gasteiger partial charge in [-0.3, -0.25) is 4.99 Å². The van der Waals surface area contributed by atoms with Crippen LogP contribution in [0.3, 0.4) is 0 Å². The molecule has 1 aromatic heterocycles. The third-order valence-electron chi connectivity index (χ3n) is 1.83. The van der Waals surface area contributed by atoms with Crippen LogP contribution in [-0.4, -0.2) is 29.5 Å². The van der Waals surface area contributed by atoms with E-state index in [1.165, 1.54) is 0 Å². The van der Waals surface area contributed by atoms with Gasteiger partial charge in [-0.1, -0.05) is 5.16 Å². The maximum absolute atomic E-state index is 4.98. The van der Waals surface area contributed by atoms with Gasteiger partial charge in [0.25, 0.3) is 0 Å². The quantitative estimate of drug-likeness (QED) is 0.654. The highest BCUT2D eigenvalue weighted by molar-refractivity contribution is 5.55. The first kappa shape index (κ1) is 7.34. The van der Waals surface area contributed by atoms with Crippen molar-refractivity contribution in [1.29, 1.82) is 0 Å². The van der Waals surface area contributed by atoms with Gasteiger partial charge in [0.05, 0.1) is 19.1 Å². The van der Waals surface area contributed by atoms with E-state index >= 15 is 0 Å². The van der Waals surface area contributed by atoms with E-state index in [0.717, 1.165) is 31.8 Å². The summed E-state index contributed by atoms with van der Waals surface area (Å²) in [5, 5.41) is 3.64. The minimum absolute atomic E-state index is 0.781. The Hall–Kier alpha value is -1.32. The van der Waals surface area contributed by atoms with Crippen molar-refractivity contribution in [3.63, 3.8) is 0 Å². The fourth-order valence-corrected chi connectivity index (χ4v) is 1.24. The summed E-state index contributed by atoms with van der Waals surface area (Å²) < 4.78 is 4.98. The van der Waals surface area contributed by atoms with Gasteiger partial charge < -0.3 is 9.42 Å². The lowest BCUT2D eigenvalue weighted by molar-refractivity contribution is 0.315. The second-order valence-electron chi connectivity index (χ2n) is 2.82. The van der Waals surface area contributed by atoms with Gasteiger partial charge in [0.15, 0.2) is 5.76 Å². The summed E-state index contributed by atoms with van der Waals surface area (Å²) in [5.41, 5.74) is 0. The Morgan fingerprint density at radius 1 is 1.58 bits per heavy atom. The second-order valence-corrected chi connectivity index (χ2v) is 2.82. The molecule has 12 heavy (non-hydrogen) atoms. The van der Waals surface area contributed by atoms with E-state index in [0.29, 0.717) is 0 Å². The molecule has 0 amide bonds. The van der Waals surface area contributed by atoms with Gasteiger partial charge in [0.1, 0.15) is 0 Å². The van der Waals surface area contributed by atoms with Crippen LogP contribution in [0.4, 0.5) is 0 Å². The zero-order valence-electron chi connectivity index (χ0n) is 6.81. The molecule has 0 atom stereocenters. The van der Waals surface area contributed by atoms with Gasteiger partial charge in [-0.15, -0.1) is 0 Å². The SMILES string of the molecule is C1=NCCCN1Cc1ccno1. The topological polar surface area (TPSA) is 41.6 Å². The van der Waals surface area contributed by atoms with E-state index < -0.39 is 0 Å². The Morgan fingerprint density at radius 2 is 2.58 bits per heavy atom. The van der Waals surface area contributed by atoms with Crippen LogP contribution in [0.15, 0.2) is 21.8 Å². The zero-order valence-corrected chi connectivity index (χ0v) is 6.81. The minimum atomic E-state index is 0.781. The van der Waals surface area contributed by atoms with Crippen LogP contribution in [0.1, 0.15) is 12.2 Å². The fraction of sp³-hybridized carbons (Fsp3) is 0.500. The largest absolute Gasteiger partial charge is 0.360 e. The van der Waals surface area contributed by atoms with Crippen molar-refractivity contribution < 1.29 is 4.52 Å². The molecule has 4 nitrogen and oxygen atoms in total. The lowest BCUT2D eigenvalue weighted by atomic mass is 10.3. The zero-order chi connectivity index (χ0) is 8.23. The fourth-order valence-electron chi connectivity index (χ4n) is 1.24. The molecule has 2 heterocycles. The highest BCUT2D eigenvalue weighted by Gasteiger charge is 2.06.